The van der Waals surface area contributed by atoms with E-state index in [1.807, 2.05) is 43.1 Å². The summed E-state index contributed by atoms with van der Waals surface area (Å²) in [7, 11) is 1.95. The quantitative estimate of drug-likeness (QED) is 0.366. The van der Waals surface area contributed by atoms with Crippen LogP contribution in [0.1, 0.15) is 76.4 Å². The van der Waals surface area contributed by atoms with Gasteiger partial charge in [-0.15, -0.1) is 0 Å². The van der Waals surface area contributed by atoms with Crippen molar-refractivity contribution in [1.29, 1.82) is 0 Å². The Balaban J connectivity index is 1.63. The molecule has 36 heavy (non-hydrogen) atoms. The molecule has 7 nitrogen and oxygen atoms in total. The Morgan fingerprint density at radius 2 is 1.97 bits per heavy atom. The molecular weight excluding hydrogens is 476 g/mol. The maximum atomic E-state index is 13.3. The number of benzene rings is 1. The van der Waals surface area contributed by atoms with Crippen LogP contribution < -0.4 is 16.0 Å². The number of nitrogens with zero attached hydrogens (tertiary/aromatic N) is 1. The zero-order valence-corrected chi connectivity index (χ0v) is 22.8. The minimum Gasteiger partial charge on any atom is -0.373 e. The van der Waals surface area contributed by atoms with Crippen LogP contribution in [0.15, 0.2) is 24.3 Å². The Hall–Kier alpha value is -1.83. The molecule has 1 aliphatic heterocycles. The highest BCUT2D eigenvalue weighted by Crippen LogP contribution is 2.34. The molecule has 3 N–H and O–H groups in total. The van der Waals surface area contributed by atoms with E-state index in [9.17, 15) is 9.59 Å². The highest BCUT2D eigenvalue weighted by Gasteiger charge is 2.32. The Bertz CT molecular complexity index is 818. The van der Waals surface area contributed by atoms with E-state index in [0.717, 1.165) is 37.9 Å². The molecule has 3 rings (SSSR count). The van der Waals surface area contributed by atoms with Crippen molar-refractivity contribution < 1.29 is 14.3 Å². The monoisotopic (exact) mass is 520 g/mol. The average molecular weight is 521 g/mol. The first-order chi connectivity index (χ1) is 17.5. The lowest BCUT2D eigenvalue weighted by Gasteiger charge is -2.38. The lowest BCUT2D eigenvalue weighted by Crippen LogP contribution is -2.52. The van der Waals surface area contributed by atoms with Gasteiger partial charge in [0.25, 0.3) is 0 Å². The zero-order chi connectivity index (χ0) is 25.8. The van der Waals surface area contributed by atoms with Gasteiger partial charge in [0.1, 0.15) is 0 Å². The van der Waals surface area contributed by atoms with E-state index in [2.05, 4.69) is 16.0 Å². The molecule has 2 fully saturated rings. The smallest absolute Gasteiger partial charge is 0.317 e. The Morgan fingerprint density at radius 3 is 2.69 bits per heavy atom. The minimum absolute atomic E-state index is 0.0134. The van der Waals surface area contributed by atoms with Gasteiger partial charge < -0.3 is 25.6 Å². The SMILES string of the molecule is CCNC(=O)CCO[C@@H](c1cccc(Cl)c1)[C@@H]1CCCN(C(=O)NC(CNC)CC2CCCCC2)C1. The summed E-state index contributed by atoms with van der Waals surface area (Å²) in [6.07, 6.45) is 9.53. The highest BCUT2D eigenvalue weighted by molar-refractivity contribution is 6.30. The van der Waals surface area contributed by atoms with E-state index in [1.54, 1.807) is 0 Å². The van der Waals surface area contributed by atoms with Crippen LogP contribution in [-0.2, 0) is 9.53 Å². The number of nitrogens with one attached hydrogen (secondary N) is 3. The van der Waals surface area contributed by atoms with Crippen molar-refractivity contribution in [2.24, 2.45) is 11.8 Å². The summed E-state index contributed by atoms with van der Waals surface area (Å²) in [6.45, 7) is 5.01. The minimum atomic E-state index is -0.218. The normalized spacial score (nSPS) is 20.5. The van der Waals surface area contributed by atoms with Gasteiger partial charge in [-0.2, -0.15) is 0 Å². The van der Waals surface area contributed by atoms with Crippen LogP contribution in [0.5, 0.6) is 0 Å². The largest absolute Gasteiger partial charge is 0.373 e. The summed E-state index contributed by atoms with van der Waals surface area (Å²) in [5, 5.41) is 10.1. The van der Waals surface area contributed by atoms with Gasteiger partial charge in [0.2, 0.25) is 5.91 Å². The topological polar surface area (TPSA) is 82.7 Å². The zero-order valence-electron chi connectivity index (χ0n) is 22.1. The third-order valence-electron chi connectivity index (χ3n) is 7.47. The predicted molar refractivity (Wildman–Crippen MR) is 145 cm³/mol. The summed E-state index contributed by atoms with van der Waals surface area (Å²) >= 11 is 6.30. The molecule has 1 aliphatic carbocycles. The number of likely N-dealkylation sites (tertiary alicyclic amines) is 1. The number of ether oxygens (including phenoxy) is 1. The van der Waals surface area contributed by atoms with Crippen molar-refractivity contribution in [2.45, 2.75) is 76.9 Å². The van der Waals surface area contributed by atoms with Gasteiger partial charge in [-0.25, -0.2) is 4.79 Å². The first-order valence-electron chi connectivity index (χ1n) is 13.8. The van der Waals surface area contributed by atoms with E-state index in [1.165, 1.54) is 32.1 Å². The van der Waals surface area contributed by atoms with E-state index in [4.69, 9.17) is 16.3 Å². The summed E-state index contributed by atoms with van der Waals surface area (Å²) in [5.74, 6) is 0.829. The van der Waals surface area contributed by atoms with Crippen LogP contribution >= 0.6 is 11.6 Å². The fourth-order valence-electron chi connectivity index (χ4n) is 5.72. The van der Waals surface area contributed by atoms with Gasteiger partial charge in [0.05, 0.1) is 12.7 Å². The van der Waals surface area contributed by atoms with Crippen molar-refractivity contribution in [3.8, 4) is 0 Å². The van der Waals surface area contributed by atoms with Crippen LogP contribution in [-0.4, -0.2) is 62.7 Å². The van der Waals surface area contributed by atoms with Crippen molar-refractivity contribution >= 4 is 23.5 Å². The van der Waals surface area contributed by atoms with Crippen molar-refractivity contribution in [3.63, 3.8) is 0 Å². The van der Waals surface area contributed by atoms with Crippen LogP contribution in [0.2, 0.25) is 5.02 Å². The van der Waals surface area contributed by atoms with Gasteiger partial charge in [-0.1, -0.05) is 55.8 Å². The number of carbonyl (C=O) groups excluding carboxylic acids is 2. The van der Waals surface area contributed by atoms with Crippen LogP contribution in [0.25, 0.3) is 0 Å². The molecule has 0 bridgehead atoms. The molecule has 1 saturated carbocycles. The van der Waals surface area contributed by atoms with Gasteiger partial charge in [-0.05, 0) is 56.8 Å². The molecular formula is C28H45ClN4O3. The number of hydrogen-bond donors (Lipinski definition) is 3. The number of amides is 3. The molecule has 1 aromatic carbocycles. The lowest BCUT2D eigenvalue weighted by molar-refractivity contribution is -0.123. The Kier molecular flexibility index (Phi) is 12.3. The average Bonchev–Trinajstić information content (AvgIpc) is 2.87. The first kappa shape index (κ1) is 28.7. The summed E-state index contributed by atoms with van der Waals surface area (Å²) in [6, 6.07) is 7.90. The number of likely N-dealkylation sites (N-methyl/N-ethyl adjacent to an activating group) is 1. The van der Waals surface area contributed by atoms with Gasteiger partial charge in [0.15, 0.2) is 0 Å². The molecule has 2 aliphatic rings. The van der Waals surface area contributed by atoms with Gasteiger partial charge in [0, 0.05) is 49.6 Å². The van der Waals surface area contributed by atoms with Crippen molar-refractivity contribution in [3.05, 3.63) is 34.9 Å². The molecule has 8 heteroatoms. The molecule has 1 unspecified atom stereocenters. The van der Waals surface area contributed by atoms with Crippen LogP contribution in [0.3, 0.4) is 0 Å². The standard InChI is InChI=1S/C28H45ClN4O3/c1-3-31-26(34)14-16-36-27(22-11-7-13-24(29)18-22)23-12-8-15-33(20-23)28(35)32-25(19-30-2)17-21-9-5-4-6-10-21/h7,11,13,18,21,23,25,27,30H,3-6,8-10,12,14-17,19-20H2,1-2H3,(H,31,34)(H,32,35)/t23-,25?,27+/m1/s1. The maximum absolute atomic E-state index is 13.3. The number of halogens is 1. The number of rotatable bonds is 12. The Labute approximate surface area is 222 Å². The van der Waals surface area contributed by atoms with E-state index in [0.29, 0.717) is 37.1 Å². The third kappa shape index (κ3) is 9.24. The summed E-state index contributed by atoms with van der Waals surface area (Å²) in [4.78, 5) is 27.2. The first-order valence-corrected chi connectivity index (χ1v) is 14.2. The van der Waals surface area contributed by atoms with Gasteiger partial charge >= 0.3 is 6.03 Å². The lowest BCUT2D eigenvalue weighted by atomic mass is 9.85. The van der Waals surface area contributed by atoms with Crippen LogP contribution in [0, 0.1) is 11.8 Å². The second-order valence-corrected chi connectivity index (χ2v) is 10.8. The van der Waals surface area contributed by atoms with Gasteiger partial charge in [-0.3, -0.25) is 4.79 Å². The molecule has 0 aromatic heterocycles. The second-order valence-electron chi connectivity index (χ2n) is 10.3. The fourth-order valence-corrected chi connectivity index (χ4v) is 5.92. The Morgan fingerprint density at radius 1 is 1.17 bits per heavy atom. The molecule has 3 atom stereocenters. The molecule has 3 amide bonds. The number of piperidine rings is 1. The summed E-state index contributed by atoms with van der Waals surface area (Å²) in [5.41, 5.74) is 0.996. The summed E-state index contributed by atoms with van der Waals surface area (Å²) < 4.78 is 6.30. The van der Waals surface area contributed by atoms with Crippen LogP contribution in [0.4, 0.5) is 4.79 Å². The number of urea groups is 1. The number of hydrogen-bond acceptors (Lipinski definition) is 4. The molecule has 0 radical (unpaired) electrons. The molecule has 1 saturated heterocycles. The molecule has 202 valence electrons. The fraction of sp³-hybridized carbons (Fsp3) is 0.714. The third-order valence-corrected chi connectivity index (χ3v) is 7.71. The van der Waals surface area contributed by atoms with E-state index < -0.39 is 0 Å². The number of carbonyl (C=O) groups is 2. The maximum Gasteiger partial charge on any atom is 0.317 e. The second kappa shape index (κ2) is 15.4. The van der Waals surface area contributed by atoms with E-state index in [-0.39, 0.29) is 30.0 Å². The molecule has 0 spiro atoms. The van der Waals surface area contributed by atoms with E-state index >= 15 is 0 Å². The molecule has 1 heterocycles. The molecule has 1 aromatic rings. The van der Waals surface area contributed by atoms with Crippen molar-refractivity contribution in [2.75, 3.05) is 39.8 Å². The van der Waals surface area contributed by atoms with Crippen molar-refractivity contribution in [1.82, 2.24) is 20.9 Å². The predicted octanol–water partition coefficient (Wildman–Crippen LogP) is 4.90. The highest BCUT2D eigenvalue weighted by atomic mass is 35.5.